The Kier molecular flexibility index (Phi) is 9.00. The zero-order valence-corrected chi connectivity index (χ0v) is 21.4. The average Bonchev–Trinajstić information content (AvgIpc) is 2.97. The third-order valence-electron chi connectivity index (χ3n) is 6.33. The number of nitrogens with one attached hydrogen (secondary N) is 3. The third kappa shape index (κ3) is 6.72. The molecule has 1 aliphatic rings. The minimum Gasteiger partial charge on any atom is -0.469 e. The number of nitrogens with zero attached hydrogens (tertiary/aromatic N) is 1. The second-order valence-corrected chi connectivity index (χ2v) is 9.01. The lowest BCUT2D eigenvalue weighted by Crippen LogP contribution is -2.52. The molecule has 1 aliphatic heterocycles. The molecule has 0 unspecified atom stereocenters. The summed E-state index contributed by atoms with van der Waals surface area (Å²) in [5.41, 5.74) is 1.55. The Labute approximate surface area is 215 Å². The van der Waals surface area contributed by atoms with Crippen molar-refractivity contribution in [1.29, 1.82) is 0 Å². The van der Waals surface area contributed by atoms with Crippen LogP contribution in [-0.2, 0) is 23.9 Å². The van der Waals surface area contributed by atoms with Crippen LogP contribution < -0.4 is 16.0 Å². The Morgan fingerprint density at radius 3 is 2.43 bits per heavy atom. The average molecular weight is 509 g/mol. The molecule has 3 rings (SSSR count). The van der Waals surface area contributed by atoms with E-state index in [9.17, 15) is 24.0 Å². The van der Waals surface area contributed by atoms with E-state index in [1.165, 1.54) is 25.0 Å². The summed E-state index contributed by atoms with van der Waals surface area (Å²) in [4.78, 5) is 65.0. The highest BCUT2D eigenvalue weighted by molar-refractivity contribution is 6.11. The maximum Gasteiger partial charge on any atom is 0.307 e. The van der Waals surface area contributed by atoms with Gasteiger partial charge in [0.25, 0.3) is 5.91 Å². The van der Waals surface area contributed by atoms with Crippen molar-refractivity contribution in [2.45, 2.75) is 45.7 Å². The molecule has 2 aromatic rings. The maximum atomic E-state index is 13.7. The van der Waals surface area contributed by atoms with Crippen molar-refractivity contribution < 1.29 is 28.7 Å². The second-order valence-electron chi connectivity index (χ2n) is 9.01. The Balaban J connectivity index is 1.93. The summed E-state index contributed by atoms with van der Waals surface area (Å²) in [7, 11) is 1.27. The van der Waals surface area contributed by atoms with Crippen molar-refractivity contribution >= 4 is 41.0 Å². The number of hydrogen-bond acceptors (Lipinski definition) is 6. The molecule has 0 aliphatic carbocycles. The monoisotopic (exact) mass is 508 g/mol. The first-order valence-electron chi connectivity index (χ1n) is 12.1. The van der Waals surface area contributed by atoms with Gasteiger partial charge in [0.2, 0.25) is 17.7 Å². The van der Waals surface area contributed by atoms with Gasteiger partial charge in [0.1, 0.15) is 12.6 Å². The van der Waals surface area contributed by atoms with Crippen LogP contribution in [0.25, 0.3) is 0 Å². The van der Waals surface area contributed by atoms with Crippen LogP contribution in [0.4, 0.5) is 11.4 Å². The van der Waals surface area contributed by atoms with Crippen molar-refractivity contribution in [2.75, 3.05) is 24.3 Å². The highest BCUT2D eigenvalue weighted by Crippen LogP contribution is 2.29. The number of hydrogen-bond donors (Lipinski definition) is 3. The molecule has 196 valence electrons. The van der Waals surface area contributed by atoms with E-state index >= 15 is 0 Å². The number of methoxy groups -OCH3 is 1. The molecule has 3 N–H and O–H groups in total. The van der Waals surface area contributed by atoms with Crippen LogP contribution in [0, 0.1) is 5.92 Å². The molecule has 0 radical (unpaired) electrons. The van der Waals surface area contributed by atoms with Gasteiger partial charge in [-0.1, -0.05) is 50.6 Å². The summed E-state index contributed by atoms with van der Waals surface area (Å²) in [5, 5.41) is 8.24. The van der Waals surface area contributed by atoms with E-state index in [1.54, 1.807) is 36.4 Å². The van der Waals surface area contributed by atoms with E-state index in [-0.39, 0.29) is 23.8 Å². The molecular formula is C27H32N4O6. The molecule has 0 saturated heterocycles. The molecule has 0 bridgehead atoms. The van der Waals surface area contributed by atoms with Gasteiger partial charge in [-0.05, 0) is 29.7 Å². The van der Waals surface area contributed by atoms with Gasteiger partial charge < -0.3 is 25.6 Å². The summed E-state index contributed by atoms with van der Waals surface area (Å²) in [6, 6.07) is 12.0. The molecule has 0 saturated carbocycles. The van der Waals surface area contributed by atoms with Crippen LogP contribution >= 0.6 is 0 Å². The van der Waals surface area contributed by atoms with Gasteiger partial charge in [-0.3, -0.25) is 24.0 Å². The van der Waals surface area contributed by atoms with Gasteiger partial charge in [-0.15, -0.1) is 0 Å². The number of amides is 4. The van der Waals surface area contributed by atoms with Crippen molar-refractivity contribution in [2.24, 2.45) is 5.92 Å². The summed E-state index contributed by atoms with van der Waals surface area (Å²) in [6.07, 6.45) is 0.490. The fourth-order valence-corrected chi connectivity index (χ4v) is 4.28. The highest BCUT2D eigenvalue weighted by Gasteiger charge is 2.39. The number of esters is 1. The molecule has 10 heteroatoms. The van der Waals surface area contributed by atoms with Crippen LogP contribution in [0.2, 0.25) is 0 Å². The van der Waals surface area contributed by atoms with E-state index in [0.29, 0.717) is 23.4 Å². The van der Waals surface area contributed by atoms with Crippen LogP contribution in [-0.4, -0.2) is 54.2 Å². The standard InChI is InChI=1S/C27H32N4O6/c1-5-16(2)25-26(35)30-21-12-11-19(28-17(3)32)13-20(21)27(36)31(25)15-23(33)29-22(14-24(34)37-4)18-9-7-6-8-10-18/h6-13,16,22,25H,5,14-15H2,1-4H3,(H,28,32)(H,29,33)(H,30,35)/t16-,22+,25-/m0/s1. The largest absolute Gasteiger partial charge is 0.469 e. The number of carbonyl (C=O) groups excluding carboxylic acids is 5. The molecule has 0 spiro atoms. The van der Waals surface area contributed by atoms with Gasteiger partial charge >= 0.3 is 5.97 Å². The third-order valence-corrected chi connectivity index (χ3v) is 6.33. The van der Waals surface area contributed by atoms with Crippen molar-refractivity contribution in [3.05, 3.63) is 59.7 Å². The lowest BCUT2D eigenvalue weighted by atomic mass is 9.96. The van der Waals surface area contributed by atoms with Gasteiger partial charge in [0, 0.05) is 12.6 Å². The SMILES string of the molecule is CC[C@H](C)[C@H]1C(=O)Nc2ccc(NC(C)=O)cc2C(=O)N1CC(=O)N[C@H](CC(=O)OC)c1ccccc1. The van der Waals surface area contributed by atoms with Gasteiger partial charge in [0.15, 0.2) is 0 Å². The number of carbonyl (C=O) groups is 5. The van der Waals surface area contributed by atoms with Crippen LogP contribution in [0.15, 0.2) is 48.5 Å². The number of anilines is 2. The Bertz CT molecular complexity index is 1180. The van der Waals surface area contributed by atoms with E-state index in [1.807, 2.05) is 19.9 Å². The molecule has 0 fully saturated rings. The van der Waals surface area contributed by atoms with E-state index < -0.39 is 42.3 Å². The van der Waals surface area contributed by atoms with Crippen LogP contribution in [0.3, 0.4) is 0 Å². The Morgan fingerprint density at radius 2 is 1.81 bits per heavy atom. The molecule has 4 amide bonds. The molecule has 37 heavy (non-hydrogen) atoms. The van der Waals surface area contributed by atoms with Crippen molar-refractivity contribution in [3.8, 4) is 0 Å². The molecule has 10 nitrogen and oxygen atoms in total. The lowest BCUT2D eigenvalue weighted by Gasteiger charge is -2.32. The minimum atomic E-state index is -0.907. The first-order valence-corrected chi connectivity index (χ1v) is 12.1. The predicted molar refractivity (Wildman–Crippen MR) is 138 cm³/mol. The van der Waals surface area contributed by atoms with Gasteiger partial charge in [-0.25, -0.2) is 0 Å². The Morgan fingerprint density at radius 1 is 1.11 bits per heavy atom. The second kappa shape index (κ2) is 12.2. The zero-order chi connectivity index (χ0) is 27.1. The minimum absolute atomic E-state index is 0.0988. The molecule has 3 atom stereocenters. The molecule has 2 aromatic carbocycles. The summed E-state index contributed by atoms with van der Waals surface area (Å²) >= 11 is 0. The fraction of sp³-hybridized carbons (Fsp3) is 0.370. The van der Waals surface area contributed by atoms with Gasteiger partial charge in [0.05, 0.1) is 30.8 Å². The van der Waals surface area contributed by atoms with Crippen molar-refractivity contribution in [1.82, 2.24) is 10.2 Å². The zero-order valence-electron chi connectivity index (χ0n) is 21.4. The Hall–Kier alpha value is -4.21. The molecular weight excluding hydrogens is 476 g/mol. The van der Waals surface area contributed by atoms with Crippen molar-refractivity contribution in [3.63, 3.8) is 0 Å². The predicted octanol–water partition coefficient (Wildman–Crippen LogP) is 2.87. The van der Waals surface area contributed by atoms with E-state index in [4.69, 9.17) is 4.74 Å². The molecule has 0 aromatic heterocycles. The summed E-state index contributed by atoms with van der Waals surface area (Å²) < 4.78 is 4.78. The quantitative estimate of drug-likeness (QED) is 0.446. The lowest BCUT2D eigenvalue weighted by molar-refractivity contribution is -0.141. The maximum absolute atomic E-state index is 13.7. The van der Waals surface area contributed by atoms with Crippen LogP contribution in [0.1, 0.15) is 55.6 Å². The van der Waals surface area contributed by atoms with Gasteiger partial charge in [-0.2, -0.15) is 0 Å². The number of benzene rings is 2. The van der Waals surface area contributed by atoms with E-state index in [2.05, 4.69) is 16.0 Å². The molecule has 1 heterocycles. The number of fused-ring (bicyclic) bond motifs is 1. The highest BCUT2D eigenvalue weighted by atomic mass is 16.5. The number of rotatable bonds is 9. The smallest absolute Gasteiger partial charge is 0.307 e. The fourth-order valence-electron chi connectivity index (χ4n) is 4.28. The number of ether oxygens (including phenoxy) is 1. The summed E-state index contributed by atoms with van der Waals surface area (Å²) in [6.45, 7) is 4.68. The topological polar surface area (TPSA) is 134 Å². The van der Waals surface area contributed by atoms with Crippen LogP contribution in [0.5, 0.6) is 0 Å². The normalized spacial score (nSPS) is 16.5. The summed E-state index contributed by atoms with van der Waals surface area (Å²) in [5.74, 6) is -2.52. The first-order chi connectivity index (χ1) is 17.6. The van der Waals surface area contributed by atoms with E-state index in [0.717, 1.165) is 0 Å². The first kappa shape index (κ1) is 27.4.